The van der Waals surface area contributed by atoms with Gasteiger partial charge in [-0.1, -0.05) is 38.5 Å². The van der Waals surface area contributed by atoms with Crippen LogP contribution in [0.25, 0.3) is 10.8 Å². The topological polar surface area (TPSA) is 67.2 Å². The maximum atomic E-state index is 12.8. The van der Waals surface area contributed by atoms with E-state index >= 15 is 0 Å². The molecular formula is C24H34N4O2. The monoisotopic (exact) mass is 410 g/mol. The summed E-state index contributed by atoms with van der Waals surface area (Å²) in [5.74, 6) is 0.848. The minimum absolute atomic E-state index is 0.00432. The van der Waals surface area contributed by atoms with Crippen molar-refractivity contribution in [3.05, 3.63) is 40.3 Å². The molecule has 2 saturated heterocycles. The summed E-state index contributed by atoms with van der Waals surface area (Å²) < 4.78 is 1.52. The number of nitrogens with one attached hydrogen (secondary N) is 1. The molecule has 0 aliphatic carbocycles. The highest BCUT2D eigenvalue weighted by Crippen LogP contribution is 2.30. The Morgan fingerprint density at radius 3 is 2.70 bits per heavy atom. The van der Waals surface area contributed by atoms with Gasteiger partial charge in [-0.05, 0) is 56.7 Å². The van der Waals surface area contributed by atoms with E-state index in [-0.39, 0.29) is 17.9 Å². The van der Waals surface area contributed by atoms with Crippen molar-refractivity contribution in [3.8, 4) is 0 Å². The first-order valence-corrected chi connectivity index (χ1v) is 11.5. The van der Waals surface area contributed by atoms with Crippen LogP contribution in [0.2, 0.25) is 0 Å². The number of rotatable bonds is 6. The highest BCUT2D eigenvalue weighted by Gasteiger charge is 2.32. The number of nitrogens with zero attached hydrogens (tertiary/aromatic N) is 3. The van der Waals surface area contributed by atoms with Crippen molar-refractivity contribution in [1.82, 2.24) is 20.0 Å². The molecule has 6 nitrogen and oxygen atoms in total. The Labute approximate surface area is 178 Å². The van der Waals surface area contributed by atoms with Crippen LogP contribution in [0.3, 0.4) is 0 Å². The lowest BCUT2D eigenvalue weighted by molar-refractivity contribution is -0.120. The van der Waals surface area contributed by atoms with Crippen molar-refractivity contribution in [3.63, 3.8) is 0 Å². The number of hydrogen-bond donors (Lipinski definition) is 1. The molecule has 2 fully saturated rings. The van der Waals surface area contributed by atoms with Crippen LogP contribution in [-0.2, 0) is 17.8 Å². The highest BCUT2D eigenvalue weighted by molar-refractivity contribution is 5.88. The highest BCUT2D eigenvalue weighted by atomic mass is 16.1. The molecular weight excluding hydrogens is 376 g/mol. The van der Waals surface area contributed by atoms with Gasteiger partial charge in [0.2, 0.25) is 5.91 Å². The molecule has 4 rings (SSSR count). The summed E-state index contributed by atoms with van der Waals surface area (Å²) in [6.45, 7) is 7.84. The predicted octanol–water partition coefficient (Wildman–Crippen LogP) is 2.98. The predicted molar refractivity (Wildman–Crippen MR) is 119 cm³/mol. The largest absolute Gasteiger partial charge is 0.355 e. The van der Waals surface area contributed by atoms with E-state index in [0.717, 1.165) is 11.9 Å². The molecule has 1 N–H and O–H groups in total. The Kier molecular flexibility index (Phi) is 6.52. The molecule has 0 unspecified atom stereocenters. The lowest BCUT2D eigenvalue weighted by Crippen LogP contribution is -2.51. The van der Waals surface area contributed by atoms with Gasteiger partial charge in [0.25, 0.3) is 5.56 Å². The second-order valence-electron chi connectivity index (χ2n) is 9.36. The Morgan fingerprint density at radius 1 is 1.13 bits per heavy atom. The third-order valence-electron chi connectivity index (χ3n) is 6.60. The Morgan fingerprint density at radius 2 is 1.90 bits per heavy atom. The zero-order valence-corrected chi connectivity index (χ0v) is 18.3. The van der Waals surface area contributed by atoms with Gasteiger partial charge in [0.05, 0.1) is 17.5 Å². The SMILES string of the molecule is CC(C)Cn1nc(CC(=O)NC[C@H]2CCCN3CCCC[C@H]23)c2ccccc2c1=O. The average molecular weight is 411 g/mol. The Hall–Kier alpha value is -2.21. The van der Waals surface area contributed by atoms with E-state index < -0.39 is 0 Å². The van der Waals surface area contributed by atoms with Crippen LogP contribution in [0, 0.1) is 11.8 Å². The quantitative estimate of drug-likeness (QED) is 0.795. The number of aromatic nitrogens is 2. The second-order valence-corrected chi connectivity index (χ2v) is 9.36. The molecule has 2 atom stereocenters. The molecule has 2 aliphatic rings. The van der Waals surface area contributed by atoms with Gasteiger partial charge in [-0.2, -0.15) is 5.10 Å². The molecule has 0 spiro atoms. The third-order valence-corrected chi connectivity index (χ3v) is 6.60. The number of carbonyl (C=O) groups is 1. The van der Waals surface area contributed by atoms with Crippen molar-refractivity contribution in [2.24, 2.45) is 11.8 Å². The van der Waals surface area contributed by atoms with Crippen molar-refractivity contribution < 1.29 is 4.79 Å². The molecule has 0 saturated carbocycles. The number of carbonyl (C=O) groups excluding carboxylic acids is 1. The van der Waals surface area contributed by atoms with Gasteiger partial charge < -0.3 is 10.2 Å². The van der Waals surface area contributed by atoms with Crippen molar-refractivity contribution in [2.45, 2.75) is 65.0 Å². The van der Waals surface area contributed by atoms with Gasteiger partial charge >= 0.3 is 0 Å². The van der Waals surface area contributed by atoms with Crippen LogP contribution in [0.1, 0.15) is 51.6 Å². The standard InChI is InChI=1S/C24H34N4O2/c1-17(2)16-28-24(30)20-10-4-3-9-19(20)21(26-28)14-23(29)25-15-18-8-7-13-27-12-6-5-11-22(18)27/h3-4,9-10,17-18,22H,5-8,11-16H2,1-2H3,(H,25,29)/t18-,22-/m1/s1. The lowest BCUT2D eigenvalue weighted by Gasteiger charge is -2.44. The normalized spacial score (nSPS) is 22.2. The Balaban J connectivity index is 1.47. The van der Waals surface area contributed by atoms with Crippen molar-refractivity contribution >= 4 is 16.7 Å². The average Bonchev–Trinajstić information content (AvgIpc) is 2.75. The summed E-state index contributed by atoms with van der Waals surface area (Å²) in [5, 5.41) is 9.18. The van der Waals surface area contributed by atoms with Crippen LogP contribution in [0.4, 0.5) is 0 Å². The van der Waals surface area contributed by atoms with Gasteiger partial charge in [0, 0.05) is 24.5 Å². The smallest absolute Gasteiger partial charge is 0.274 e. The number of hydrogen-bond acceptors (Lipinski definition) is 4. The zero-order chi connectivity index (χ0) is 21.1. The fourth-order valence-corrected chi connectivity index (χ4v) is 5.18. The first-order chi connectivity index (χ1) is 14.5. The molecule has 30 heavy (non-hydrogen) atoms. The van der Waals surface area contributed by atoms with Crippen molar-refractivity contribution in [2.75, 3.05) is 19.6 Å². The molecule has 0 bridgehead atoms. The van der Waals surface area contributed by atoms with Gasteiger partial charge in [0.15, 0.2) is 0 Å². The molecule has 162 valence electrons. The van der Waals surface area contributed by atoms with Gasteiger partial charge in [-0.15, -0.1) is 0 Å². The fourth-order valence-electron chi connectivity index (χ4n) is 5.18. The van der Waals surface area contributed by atoms with Crippen LogP contribution in [0.5, 0.6) is 0 Å². The maximum Gasteiger partial charge on any atom is 0.274 e. The van der Waals surface area contributed by atoms with Gasteiger partial charge in [0.1, 0.15) is 0 Å². The van der Waals surface area contributed by atoms with E-state index in [1.807, 2.05) is 24.3 Å². The first-order valence-electron chi connectivity index (χ1n) is 11.5. The lowest BCUT2D eigenvalue weighted by atomic mass is 9.83. The van der Waals surface area contributed by atoms with Gasteiger partial charge in [-0.25, -0.2) is 4.68 Å². The maximum absolute atomic E-state index is 12.8. The molecule has 3 heterocycles. The number of benzene rings is 1. The summed E-state index contributed by atoms with van der Waals surface area (Å²) in [6, 6.07) is 8.12. The summed E-state index contributed by atoms with van der Waals surface area (Å²) >= 11 is 0. The number of amides is 1. The molecule has 1 aromatic heterocycles. The minimum Gasteiger partial charge on any atom is -0.355 e. The molecule has 0 radical (unpaired) electrons. The van der Waals surface area contributed by atoms with E-state index in [2.05, 4.69) is 29.2 Å². The molecule has 2 aromatic rings. The minimum atomic E-state index is -0.0805. The van der Waals surface area contributed by atoms with Crippen LogP contribution < -0.4 is 10.9 Å². The third kappa shape index (κ3) is 4.59. The summed E-state index contributed by atoms with van der Waals surface area (Å²) in [5.41, 5.74) is 0.606. The summed E-state index contributed by atoms with van der Waals surface area (Å²) in [4.78, 5) is 28.2. The van der Waals surface area contributed by atoms with Gasteiger partial charge in [-0.3, -0.25) is 9.59 Å². The first kappa shape index (κ1) is 21.0. The Bertz CT molecular complexity index is 950. The van der Waals surface area contributed by atoms with E-state index in [4.69, 9.17) is 0 Å². The number of piperidine rings is 2. The van der Waals surface area contributed by atoms with E-state index in [9.17, 15) is 9.59 Å². The van der Waals surface area contributed by atoms with Crippen LogP contribution >= 0.6 is 0 Å². The zero-order valence-electron chi connectivity index (χ0n) is 18.3. The molecule has 1 amide bonds. The summed E-state index contributed by atoms with van der Waals surface area (Å²) in [6.07, 6.45) is 6.50. The van der Waals surface area contributed by atoms with Crippen molar-refractivity contribution in [1.29, 1.82) is 0 Å². The van der Waals surface area contributed by atoms with E-state index in [1.165, 1.54) is 49.9 Å². The van der Waals surface area contributed by atoms with Crippen LogP contribution in [0.15, 0.2) is 29.1 Å². The van der Waals surface area contributed by atoms with E-state index in [0.29, 0.717) is 35.5 Å². The van der Waals surface area contributed by atoms with Crippen LogP contribution in [-0.4, -0.2) is 46.3 Å². The fraction of sp³-hybridized carbons (Fsp3) is 0.625. The molecule has 2 aliphatic heterocycles. The van der Waals surface area contributed by atoms with E-state index in [1.54, 1.807) is 0 Å². The molecule has 1 aromatic carbocycles. The number of fused-ring (bicyclic) bond motifs is 2. The summed E-state index contributed by atoms with van der Waals surface area (Å²) in [7, 11) is 0. The second kappa shape index (κ2) is 9.29. The molecule has 6 heteroatoms.